The number of phenolic OH excluding ortho intramolecular Hbond substituents is 2. The van der Waals surface area contributed by atoms with Crippen molar-refractivity contribution in [3.8, 4) is 11.5 Å². The number of thioether (sulfide) groups is 1. The normalized spacial score (nSPS) is 10.3. The van der Waals surface area contributed by atoms with Crippen LogP contribution in [0.25, 0.3) is 0 Å². The number of carbonyl (C=O) groups is 1. The molecule has 6 heteroatoms. The molecule has 18 heavy (non-hydrogen) atoms. The third kappa shape index (κ3) is 5.29. The number of benzene rings is 1. The van der Waals surface area contributed by atoms with Crippen LogP contribution in [0.15, 0.2) is 18.2 Å². The van der Waals surface area contributed by atoms with Gasteiger partial charge in [-0.1, -0.05) is 0 Å². The third-order valence-corrected chi connectivity index (χ3v) is 3.21. The van der Waals surface area contributed by atoms with Crippen LogP contribution in [-0.4, -0.2) is 45.9 Å². The summed E-state index contributed by atoms with van der Waals surface area (Å²) in [7, 11) is 0. The standard InChI is InChI=1S/C12H17NO4S/c14-3-1-4-18-5-2-13-12(17)9-6-10(15)8-11(16)7-9/h6-8,14-16H,1-5H2,(H,13,17). The van der Waals surface area contributed by atoms with Crippen LogP contribution in [0.1, 0.15) is 16.8 Å². The molecule has 0 aliphatic rings. The zero-order chi connectivity index (χ0) is 13.4. The van der Waals surface area contributed by atoms with Crippen molar-refractivity contribution in [2.45, 2.75) is 6.42 Å². The molecule has 0 atom stereocenters. The van der Waals surface area contributed by atoms with Gasteiger partial charge in [0, 0.05) is 30.5 Å². The second-order valence-electron chi connectivity index (χ2n) is 3.68. The summed E-state index contributed by atoms with van der Waals surface area (Å²) >= 11 is 1.65. The Balaban J connectivity index is 2.32. The summed E-state index contributed by atoms with van der Waals surface area (Å²) < 4.78 is 0. The molecule has 0 unspecified atom stereocenters. The molecule has 0 bridgehead atoms. The molecule has 1 amide bonds. The Morgan fingerprint density at radius 1 is 1.17 bits per heavy atom. The van der Waals surface area contributed by atoms with E-state index in [-0.39, 0.29) is 29.6 Å². The van der Waals surface area contributed by atoms with E-state index < -0.39 is 0 Å². The second kappa shape index (κ2) is 7.84. The molecule has 0 spiro atoms. The lowest BCUT2D eigenvalue weighted by molar-refractivity contribution is 0.0955. The Hall–Kier alpha value is -1.40. The molecule has 0 aliphatic heterocycles. The number of carbonyl (C=O) groups excluding carboxylic acids is 1. The quantitative estimate of drug-likeness (QED) is 0.554. The van der Waals surface area contributed by atoms with Gasteiger partial charge in [0.1, 0.15) is 11.5 Å². The number of aliphatic hydroxyl groups excluding tert-OH is 1. The number of nitrogens with one attached hydrogen (secondary N) is 1. The van der Waals surface area contributed by atoms with E-state index in [2.05, 4.69) is 5.32 Å². The molecule has 5 nitrogen and oxygen atoms in total. The Bertz CT molecular complexity index is 377. The molecule has 1 aromatic rings. The Kier molecular flexibility index (Phi) is 6.38. The molecule has 0 radical (unpaired) electrons. The first-order valence-electron chi connectivity index (χ1n) is 5.63. The maximum atomic E-state index is 11.7. The molecule has 0 aromatic heterocycles. The fraction of sp³-hybridized carbons (Fsp3) is 0.417. The van der Waals surface area contributed by atoms with Crippen LogP contribution in [-0.2, 0) is 0 Å². The van der Waals surface area contributed by atoms with Gasteiger partial charge < -0.3 is 20.6 Å². The van der Waals surface area contributed by atoms with Gasteiger partial charge in [-0.15, -0.1) is 0 Å². The summed E-state index contributed by atoms with van der Waals surface area (Å²) in [6.45, 7) is 0.688. The predicted molar refractivity (Wildman–Crippen MR) is 71.1 cm³/mol. The fourth-order valence-corrected chi connectivity index (χ4v) is 2.12. The van der Waals surface area contributed by atoms with Crippen molar-refractivity contribution in [1.29, 1.82) is 0 Å². The van der Waals surface area contributed by atoms with Crippen molar-refractivity contribution < 1.29 is 20.1 Å². The third-order valence-electron chi connectivity index (χ3n) is 2.14. The van der Waals surface area contributed by atoms with Gasteiger partial charge in [0.2, 0.25) is 0 Å². The Labute approximate surface area is 110 Å². The highest BCUT2D eigenvalue weighted by atomic mass is 32.2. The highest BCUT2D eigenvalue weighted by Gasteiger charge is 2.07. The van der Waals surface area contributed by atoms with Crippen LogP contribution < -0.4 is 5.32 Å². The molecule has 100 valence electrons. The highest BCUT2D eigenvalue weighted by molar-refractivity contribution is 7.99. The minimum atomic E-state index is -0.330. The Morgan fingerprint density at radius 3 is 2.44 bits per heavy atom. The van der Waals surface area contributed by atoms with E-state index >= 15 is 0 Å². The van der Waals surface area contributed by atoms with Crippen molar-refractivity contribution in [3.05, 3.63) is 23.8 Å². The summed E-state index contributed by atoms with van der Waals surface area (Å²) in [6.07, 6.45) is 0.749. The molecule has 1 rings (SSSR count). The number of aromatic hydroxyl groups is 2. The fourth-order valence-electron chi connectivity index (χ4n) is 1.33. The van der Waals surface area contributed by atoms with Crippen LogP contribution in [0.3, 0.4) is 0 Å². The van der Waals surface area contributed by atoms with Gasteiger partial charge in [-0.05, 0) is 24.3 Å². The number of phenols is 2. The maximum Gasteiger partial charge on any atom is 0.251 e. The van der Waals surface area contributed by atoms with Crippen molar-refractivity contribution in [2.24, 2.45) is 0 Å². The van der Waals surface area contributed by atoms with Crippen LogP contribution in [0.4, 0.5) is 0 Å². The molecular formula is C12H17NO4S. The van der Waals surface area contributed by atoms with E-state index in [0.29, 0.717) is 6.54 Å². The van der Waals surface area contributed by atoms with Gasteiger partial charge in [-0.2, -0.15) is 11.8 Å². The SMILES string of the molecule is O=C(NCCSCCCO)c1cc(O)cc(O)c1. The van der Waals surface area contributed by atoms with Gasteiger partial charge in [0.05, 0.1) is 0 Å². The summed E-state index contributed by atoms with van der Waals surface area (Å²) in [5, 5.41) is 29.8. The first-order valence-corrected chi connectivity index (χ1v) is 6.79. The predicted octanol–water partition coefficient (Wildman–Crippen LogP) is 0.943. The van der Waals surface area contributed by atoms with Crippen molar-refractivity contribution in [1.82, 2.24) is 5.32 Å². The summed E-state index contributed by atoms with van der Waals surface area (Å²) in [5.74, 6) is 1.01. The van der Waals surface area contributed by atoms with Crippen molar-refractivity contribution >= 4 is 17.7 Å². The van der Waals surface area contributed by atoms with E-state index in [1.807, 2.05) is 0 Å². The van der Waals surface area contributed by atoms with Crippen LogP contribution in [0.5, 0.6) is 11.5 Å². The lowest BCUT2D eigenvalue weighted by atomic mass is 10.2. The monoisotopic (exact) mass is 271 g/mol. The number of hydrogen-bond acceptors (Lipinski definition) is 5. The van der Waals surface area contributed by atoms with E-state index in [4.69, 9.17) is 5.11 Å². The van der Waals surface area contributed by atoms with Gasteiger partial charge in [-0.3, -0.25) is 4.79 Å². The lowest BCUT2D eigenvalue weighted by Crippen LogP contribution is -2.25. The van der Waals surface area contributed by atoms with E-state index in [1.54, 1.807) is 11.8 Å². The van der Waals surface area contributed by atoms with E-state index in [9.17, 15) is 15.0 Å². The zero-order valence-corrected chi connectivity index (χ0v) is 10.7. The topological polar surface area (TPSA) is 89.8 Å². The van der Waals surface area contributed by atoms with Gasteiger partial charge >= 0.3 is 0 Å². The molecule has 1 aromatic carbocycles. The van der Waals surface area contributed by atoms with Crippen LogP contribution in [0, 0.1) is 0 Å². The molecule has 0 saturated heterocycles. The first-order chi connectivity index (χ1) is 8.63. The highest BCUT2D eigenvalue weighted by Crippen LogP contribution is 2.20. The average molecular weight is 271 g/mol. The molecule has 0 fully saturated rings. The average Bonchev–Trinajstić information content (AvgIpc) is 2.32. The lowest BCUT2D eigenvalue weighted by Gasteiger charge is -2.06. The minimum absolute atomic E-state index is 0.141. The second-order valence-corrected chi connectivity index (χ2v) is 4.91. The van der Waals surface area contributed by atoms with Crippen LogP contribution >= 0.6 is 11.8 Å². The van der Waals surface area contributed by atoms with Crippen molar-refractivity contribution in [3.63, 3.8) is 0 Å². The smallest absolute Gasteiger partial charge is 0.251 e. The number of amides is 1. The summed E-state index contributed by atoms with van der Waals surface area (Å²) in [4.78, 5) is 11.7. The summed E-state index contributed by atoms with van der Waals surface area (Å²) in [6, 6.07) is 3.77. The van der Waals surface area contributed by atoms with Gasteiger partial charge in [0.25, 0.3) is 5.91 Å². The number of aliphatic hydroxyl groups is 1. The largest absolute Gasteiger partial charge is 0.508 e. The van der Waals surface area contributed by atoms with Crippen molar-refractivity contribution in [2.75, 3.05) is 24.7 Å². The van der Waals surface area contributed by atoms with Gasteiger partial charge in [0.15, 0.2) is 0 Å². The Morgan fingerprint density at radius 2 is 1.83 bits per heavy atom. The molecule has 0 aliphatic carbocycles. The zero-order valence-electron chi connectivity index (χ0n) is 9.93. The molecular weight excluding hydrogens is 254 g/mol. The first kappa shape index (κ1) is 14.7. The molecule has 0 heterocycles. The molecule has 0 saturated carbocycles. The number of hydrogen-bond donors (Lipinski definition) is 4. The number of rotatable bonds is 7. The van der Waals surface area contributed by atoms with Crippen LogP contribution in [0.2, 0.25) is 0 Å². The minimum Gasteiger partial charge on any atom is -0.508 e. The summed E-state index contributed by atoms with van der Waals surface area (Å²) in [5.41, 5.74) is 0.229. The van der Waals surface area contributed by atoms with E-state index in [0.717, 1.165) is 17.9 Å². The van der Waals surface area contributed by atoms with Gasteiger partial charge in [-0.25, -0.2) is 0 Å². The maximum absolute atomic E-state index is 11.7. The molecule has 4 N–H and O–H groups in total. The van der Waals surface area contributed by atoms with E-state index in [1.165, 1.54) is 18.2 Å².